The molecule has 0 spiro atoms. The van der Waals surface area contributed by atoms with Gasteiger partial charge in [0.15, 0.2) is 0 Å². The second-order valence-electron chi connectivity index (χ2n) is 17.0. The number of hydrogen-bond acceptors (Lipinski definition) is 4. The third kappa shape index (κ3) is 9.66. The van der Waals surface area contributed by atoms with E-state index in [1.165, 1.54) is 101 Å². The Kier molecular flexibility index (Phi) is 13.5. The molecule has 0 aromatic heterocycles. The molecule has 58 heavy (non-hydrogen) atoms. The molecular weight excluding hydrogens is 713 g/mol. The molecular formula is C54H62O4. The zero-order valence-corrected chi connectivity index (χ0v) is 34.8. The molecule has 0 bridgehead atoms. The Balaban J connectivity index is 0.964. The number of hydrogen-bond donors (Lipinski definition) is 0. The summed E-state index contributed by atoms with van der Waals surface area (Å²) in [5.41, 5.74) is 4.82. The van der Waals surface area contributed by atoms with Crippen LogP contribution in [0.25, 0.3) is 32.7 Å². The topological polar surface area (TPSA) is 36.9 Å². The summed E-state index contributed by atoms with van der Waals surface area (Å²) in [5.74, 6) is 6.26. The summed E-state index contributed by atoms with van der Waals surface area (Å²) in [5, 5.41) is 4.44. The maximum absolute atomic E-state index is 6.55. The van der Waals surface area contributed by atoms with E-state index in [1.54, 1.807) is 0 Å². The number of benzene rings is 6. The minimum absolute atomic E-state index is 0.0909. The molecule has 0 heterocycles. The second-order valence-corrected chi connectivity index (χ2v) is 17.0. The largest absolute Gasteiger partial charge is 0.458 e. The van der Waals surface area contributed by atoms with Gasteiger partial charge in [0.25, 0.3) is 0 Å². The van der Waals surface area contributed by atoms with Gasteiger partial charge in [-0.15, -0.1) is 0 Å². The number of fused-ring (bicyclic) bond motifs is 2. The van der Waals surface area contributed by atoms with Crippen LogP contribution in [0.2, 0.25) is 0 Å². The van der Waals surface area contributed by atoms with Gasteiger partial charge >= 0.3 is 0 Å². The molecule has 0 N–H and O–H groups in total. The second kappa shape index (κ2) is 19.7. The molecule has 302 valence electrons. The van der Waals surface area contributed by atoms with Crippen LogP contribution in [-0.4, -0.2) is 13.6 Å². The minimum Gasteiger partial charge on any atom is -0.458 e. The highest BCUT2D eigenvalue weighted by Crippen LogP contribution is 2.46. The fraction of sp³-hybridized carbons (Fsp3) is 0.407. The normalized spacial score (nSPS) is 19.6. The van der Waals surface area contributed by atoms with Crippen molar-refractivity contribution in [2.75, 3.05) is 13.6 Å². The Morgan fingerprint density at radius 3 is 1.21 bits per heavy atom. The highest BCUT2D eigenvalue weighted by Gasteiger charge is 2.24. The van der Waals surface area contributed by atoms with E-state index >= 15 is 0 Å². The summed E-state index contributed by atoms with van der Waals surface area (Å²) >= 11 is 0. The summed E-state index contributed by atoms with van der Waals surface area (Å²) in [6.07, 6.45) is 18.7. The van der Waals surface area contributed by atoms with E-state index in [0.29, 0.717) is 11.8 Å². The predicted molar refractivity (Wildman–Crippen MR) is 240 cm³/mol. The van der Waals surface area contributed by atoms with Crippen molar-refractivity contribution in [1.29, 1.82) is 0 Å². The van der Waals surface area contributed by atoms with Gasteiger partial charge in [-0.2, -0.15) is 0 Å². The van der Waals surface area contributed by atoms with E-state index in [4.69, 9.17) is 18.9 Å². The Bertz CT molecular complexity index is 2030. The van der Waals surface area contributed by atoms with Gasteiger partial charge in [0, 0.05) is 11.1 Å². The lowest BCUT2D eigenvalue weighted by Crippen LogP contribution is -2.13. The van der Waals surface area contributed by atoms with Gasteiger partial charge in [0.05, 0.1) is 0 Å². The first-order valence-electron chi connectivity index (χ1n) is 22.4. The quantitative estimate of drug-likeness (QED) is 0.0865. The third-order valence-corrected chi connectivity index (χ3v) is 13.2. The lowest BCUT2D eigenvalue weighted by atomic mass is 9.77. The van der Waals surface area contributed by atoms with Crippen LogP contribution < -0.4 is 18.9 Å². The van der Waals surface area contributed by atoms with Gasteiger partial charge in [0.2, 0.25) is 13.6 Å². The molecule has 0 aliphatic heterocycles. The summed E-state index contributed by atoms with van der Waals surface area (Å²) in [7, 11) is 0. The van der Waals surface area contributed by atoms with Crippen LogP contribution >= 0.6 is 0 Å². The summed E-state index contributed by atoms with van der Waals surface area (Å²) in [6.45, 7) is 4.78. The van der Waals surface area contributed by atoms with E-state index in [2.05, 4.69) is 135 Å². The van der Waals surface area contributed by atoms with Crippen molar-refractivity contribution in [2.24, 2.45) is 11.8 Å². The Labute approximate surface area is 346 Å². The Hall–Kier alpha value is -4.96. The van der Waals surface area contributed by atoms with Crippen LogP contribution in [-0.2, 0) is 0 Å². The molecule has 4 nitrogen and oxygen atoms in total. The maximum Gasteiger partial charge on any atom is 0.230 e. The van der Waals surface area contributed by atoms with Crippen molar-refractivity contribution in [3.8, 4) is 34.1 Å². The molecule has 0 atom stereocenters. The third-order valence-electron chi connectivity index (χ3n) is 13.2. The number of rotatable bonds is 17. The van der Waals surface area contributed by atoms with Gasteiger partial charge in [-0.25, -0.2) is 0 Å². The summed E-state index contributed by atoms with van der Waals surface area (Å²) in [4.78, 5) is 0. The van der Waals surface area contributed by atoms with Crippen LogP contribution in [0.4, 0.5) is 0 Å². The first kappa shape index (κ1) is 39.8. The molecule has 4 heteroatoms. The van der Waals surface area contributed by atoms with Crippen LogP contribution in [0.1, 0.15) is 127 Å². The first-order valence-corrected chi connectivity index (χ1v) is 22.4. The maximum atomic E-state index is 6.55. The Morgan fingerprint density at radius 1 is 0.414 bits per heavy atom. The van der Waals surface area contributed by atoms with E-state index in [-0.39, 0.29) is 13.6 Å². The molecule has 0 amide bonds. The first-order chi connectivity index (χ1) is 28.7. The van der Waals surface area contributed by atoms with Crippen molar-refractivity contribution in [3.05, 3.63) is 132 Å². The smallest absolute Gasteiger partial charge is 0.230 e. The summed E-state index contributed by atoms with van der Waals surface area (Å²) in [6, 6.07) is 42.7. The fourth-order valence-corrected chi connectivity index (χ4v) is 9.81. The van der Waals surface area contributed by atoms with Crippen molar-refractivity contribution in [2.45, 2.75) is 116 Å². The molecule has 0 unspecified atom stereocenters. The SMILES string of the molecule is CCCCC1CCC(c2ccc(OCOc3ccc4ccccc4c3-c3c(OCOc4ccc(C5CCC(CCCC)CC5)cc4)ccc4ccccc34)cc2)CC1. The van der Waals surface area contributed by atoms with Crippen LogP contribution in [0, 0.1) is 11.8 Å². The van der Waals surface area contributed by atoms with E-state index in [1.807, 2.05) is 0 Å². The van der Waals surface area contributed by atoms with Crippen molar-refractivity contribution in [1.82, 2.24) is 0 Å². The van der Waals surface area contributed by atoms with Gasteiger partial charge < -0.3 is 18.9 Å². The fourth-order valence-electron chi connectivity index (χ4n) is 9.81. The number of ether oxygens (including phenoxy) is 4. The molecule has 2 aliphatic carbocycles. The highest BCUT2D eigenvalue weighted by molar-refractivity contribution is 6.09. The molecule has 8 rings (SSSR count). The van der Waals surface area contributed by atoms with E-state index < -0.39 is 0 Å². The lowest BCUT2D eigenvalue weighted by molar-refractivity contribution is 0.118. The zero-order chi connectivity index (χ0) is 39.5. The highest BCUT2D eigenvalue weighted by atomic mass is 16.7. The zero-order valence-electron chi connectivity index (χ0n) is 34.8. The van der Waals surface area contributed by atoms with Crippen LogP contribution in [0.15, 0.2) is 121 Å². The van der Waals surface area contributed by atoms with Gasteiger partial charge in [-0.05, 0) is 144 Å². The molecule has 2 saturated carbocycles. The van der Waals surface area contributed by atoms with Crippen molar-refractivity contribution in [3.63, 3.8) is 0 Å². The lowest BCUT2D eigenvalue weighted by Gasteiger charge is -2.29. The molecule has 2 fully saturated rings. The standard InChI is InChI=1S/C54H62O4/c1-3-5-11-39-17-21-41(22-18-39)43-25-31-47(32-26-43)55-37-57-51-35-29-45-13-7-9-15-49(45)53(51)54-50-16-10-8-14-46(50)30-36-52(54)58-38-56-48-33-27-44(28-34-48)42-23-19-40(20-24-42)12-6-4-2/h7-10,13-16,25-36,39-42H,3-6,11-12,17-24,37-38H2,1-2H3. The van der Waals surface area contributed by atoms with Crippen molar-refractivity contribution < 1.29 is 18.9 Å². The molecule has 0 radical (unpaired) electrons. The number of unbranched alkanes of at least 4 members (excludes halogenated alkanes) is 2. The van der Waals surface area contributed by atoms with Gasteiger partial charge in [-0.3, -0.25) is 0 Å². The van der Waals surface area contributed by atoms with Crippen LogP contribution in [0.5, 0.6) is 23.0 Å². The van der Waals surface area contributed by atoms with Gasteiger partial charge in [0.1, 0.15) is 23.0 Å². The molecule has 2 aliphatic rings. The predicted octanol–water partition coefficient (Wildman–Crippen LogP) is 15.4. The van der Waals surface area contributed by atoms with Crippen LogP contribution in [0.3, 0.4) is 0 Å². The Morgan fingerprint density at radius 2 is 0.810 bits per heavy atom. The molecule has 6 aromatic carbocycles. The summed E-state index contributed by atoms with van der Waals surface area (Å²) < 4.78 is 25.6. The monoisotopic (exact) mass is 774 g/mol. The average Bonchev–Trinajstić information content (AvgIpc) is 3.28. The molecule has 0 saturated heterocycles. The molecule has 6 aromatic rings. The van der Waals surface area contributed by atoms with E-state index in [0.717, 1.165) is 67.5 Å². The average molecular weight is 775 g/mol. The van der Waals surface area contributed by atoms with Crippen molar-refractivity contribution >= 4 is 21.5 Å². The minimum atomic E-state index is 0.0909. The van der Waals surface area contributed by atoms with E-state index in [9.17, 15) is 0 Å². The van der Waals surface area contributed by atoms with Gasteiger partial charge in [-0.1, -0.05) is 137 Å².